The largest absolute Gasteiger partial charge is 0.388 e. The normalized spacial score (nSPS) is 47.7. The molecule has 15 heavy (non-hydrogen) atoms. The molecule has 0 aromatic rings. The number of nitrogens with zero attached hydrogens (tertiary/aromatic N) is 1. The van der Waals surface area contributed by atoms with Crippen molar-refractivity contribution in [1.29, 1.82) is 0 Å². The molecule has 5 unspecified atom stereocenters. The van der Waals surface area contributed by atoms with Crippen molar-refractivity contribution in [2.45, 2.75) is 43.6 Å². The number of fused-ring (bicyclic) bond motifs is 1. The van der Waals surface area contributed by atoms with E-state index in [1.165, 1.54) is 11.8 Å². The van der Waals surface area contributed by atoms with Crippen molar-refractivity contribution in [2.75, 3.05) is 6.54 Å². The van der Waals surface area contributed by atoms with Gasteiger partial charge in [-0.2, -0.15) is 0 Å². The third kappa shape index (κ3) is 1.99. The SMILES string of the molecule is CCN=C1NC2C(OC(C)C(O)C2O)S1. The Bertz CT molecular complexity index is 274. The van der Waals surface area contributed by atoms with Crippen LogP contribution in [0.25, 0.3) is 0 Å². The number of hydrogen-bond donors (Lipinski definition) is 3. The molecule has 86 valence electrons. The molecule has 2 rings (SSSR count). The molecule has 0 saturated carbocycles. The molecule has 2 fully saturated rings. The predicted octanol–water partition coefficient (Wildman–Crippen LogP) is -0.466. The lowest BCUT2D eigenvalue weighted by atomic mass is 9.99. The monoisotopic (exact) mass is 232 g/mol. The Kier molecular flexibility index (Phi) is 3.20. The van der Waals surface area contributed by atoms with Crippen LogP contribution in [0.2, 0.25) is 0 Å². The van der Waals surface area contributed by atoms with E-state index < -0.39 is 12.2 Å². The summed E-state index contributed by atoms with van der Waals surface area (Å²) in [5.74, 6) is 0. The van der Waals surface area contributed by atoms with Crippen molar-refractivity contribution in [3.05, 3.63) is 0 Å². The molecular formula is C9H16N2O3S. The average Bonchev–Trinajstić information content (AvgIpc) is 2.58. The number of aliphatic imine (C=N–C) groups is 1. The van der Waals surface area contributed by atoms with Gasteiger partial charge in [-0.05, 0) is 13.8 Å². The maximum atomic E-state index is 9.84. The molecule has 5 nitrogen and oxygen atoms in total. The standard InChI is InChI=1S/C9H16N2O3S/c1-3-10-9-11-5-7(13)6(12)4(2)14-8(5)15-9/h4-8,12-13H,3H2,1-2H3,(H,10,11). The molecule has 2 aliphatic heterocycles. The Hall–Kier alpha value is -0.300. The number of aliphatic hydroxyl groups is 2. The second kappa shape index (κ2) is 4.29. The summed E-state index contributed by atoms with van der Waals surface area (Å²) in [6.07, 6.45) is -1.97. The van der Waals surface area contributed by atoms with Crippen molar-refractivity contribution < 1.29 is 14.9 Å². The first-order valence-electron chi connectivity index (χ1n) is 5.12. The van der Waals surface area contributed by atoms with E-state index in [4.69, 9.17) is 4.74 Å². The highest BCUT2D eigenvalue weighted by Crippen LogP contribution is 2.33. The smallest absolute Gasteiger partial charge is 0.159 e. The summed E-state index contributed by atoms with van der Waals surface area (Å²) in [5.41, 5.74) is -0.149. The minimum Gasteiger partial charge on any atom is -0.388 e. The number of amidine groups is 1. The Morgan fingerprint density at radius 2 is 2.20 bits per heavy atom. The van der Waals surface area contributed by atoms with Crippen LogP contribution in [0.3, 0.4) is 0 Å². The van der Waals surface area contributed by atoms with Gasteiger partial charge in [-0.25, -0.2) is 0 Å². The summed E-state index contributed by atoms with van der Waals surface area (Å²) < 4.78 is 5.58. The zero-order chi connectivity index (χ0) is 11.0. The molecule has 5 atom stereocenters. The van der Waals surface area contributed by atoms with E-state index in [0.717, 1.165) is 5.17 Å². The molecular weight excluding hydrogens is 216 g/mol. The zero-order valence-corrected chi connectivity index (χ0v) is 9.57. The summed E-state index contributed by atoms with van der Waals surface area (Å²) >= 11 is 1.47. The lowest BCUT2D eigenvalue weighted by molar-refractivity contribution is -0.148. The van der Waals surface area contributed by atoms with E-state index in [9.17, 15) is 10.2 Å². The Balaban J connectivity index is 2.10. The minimum atomic E-state index is -0.833. The van der Waals surface area contributed by atoms with E-state index in [1.807, 2.05) is 6.92 Å². The first-order chi connectivity index (χ1) is 7.13. The van der Waals surface area contributed by atoms with E-state index >= 15 is 0 Å². The van der Waals surface area contributed by atoms with Gasteiger partial charge in [0.1, 0.15) is 17.6 Å². The molecule has 0 spiro atoms. The Morgan fingerprint density at radius 1 is 1.47 bits per heavy atom. The van der Waals surface area contributed by atoms with Crippen LogP contribution in [0.4, 0.5) is 0 Å². The number of thioether (sulfide) groups is 1. The molecule has 0 aliphatic carbocycles. The molecule has 6 heteroatoms. The molecule has 2 aliphatic rings. The van der Waals surface area contributed by atoms with Gasteiger partial charge in [0, 0.05) is 6.54 Å². The molecule has 2 saturated heterocycles. The highest BCUT2D eigenvalue weighted by Gasteiger charge is 2.47. The summed E-state index contributed by atoms with van der Waals surface area (Å²) in [6.45, 7) is 4.41. The molecule has 2 heterocycles. The molecule has 0 aromatic carbocycles. The molecule has 0 radical (unpaired) electrons. The van der Waals surface area contributed by atoms with Crippen molar-refractivity contribution >= 4 is 16.9 Å². The summed E-state index contributed by atoms with van der Waals surface area (Å²) in [7, 11) is 0. The first kappa shape index (κ1) is 11.2. The van der Waals surface area contributed by atoms with Gasteiger partial charge in [-0.3, -0.25) is 4.99 Å². The maximum Gasteiger partial charge on any atom is 0.159 e. The third-order valence-electron chi connectivity index (χ3n) is 2.66. The van der Waals surface area contributed by atoms with Gasteiger partial charge in [-0.1, -0.05) is 11.8 Å². The van der Waals surface area contributed by atoms with Crippen LogP contribution in [0, 0.1) is 0 Å². The van der Waals surface area contributed by atoms with Gasteiger partial charge in [0.2, 0.25) is 0 Å². The van der Waals surface area contributed by atoms with Gasteiger partial charge in [0.05, 0.1) is 12.1 Å². The van der Waals surface area contributed by atoms with E-state index in [2.05, 4.69) is 10.3 Å². The minimum absolute atomic E-state index is 0.149. The zero-order valence-electron chi connectivity index (χ0n) is 8.75. The second-order valence-electron chi connectivity index (χ2n) is 3.76. The third-order valence-corrected chi connectivity index (χ3v) is 3.77. The lowest BCUT2D eigenvalue weighted by Crippen LogP contribution is -2.58. The van der Waals surface area contributed by atoms with E-state index in [0.29, 0.717) is 6.54 Å². The van der Waals surface area contributed by atoms with Crippen LogP contribution in [0.15, 0.2) is 4.99 Å². The van der Waals surface area contributed by atoms with Gasteiger partial charge >= 0.3 is 0 Å². The van der Waals surface area contributed by atoms with Crippen molar-refractivity contribution in [3.63, 3.8) is 0 Å². The van der Waals surface area contributed by atoms with Crippen molar-refractivity contribution in [2.24, 2.45) is 4.99 Å². The predicted molar refractivity (Wildman–Crippen MR) is 58.8 cm³/mol. The topological polar surface area (TPSA) is 74.1 Å². The van der Waals surface area contributed by atoms with E-state index in [-0.39, 0.29) is 17.6 Å². The summed E-state index contributed by atoms with van der Waals surface area (Å²) in [4.78, 5) is 4.23. The Labute approximate surface area is 92.9 Å². The van der Waals surface area contributed by atoms with Crippen molar-refractivity contribution in [1.82, 2.24) is 5.32 Å². The van der Waals surface area contributed by atoms with Gasteiger partial charge < -0.3 is 20.3 Å². The highest BCUT2D eigenvalue weighted by molar-refractivity contribution is 8.14. The number of nitrogens with one attached hydrogen (secondary N) is 1. The second-order valence-corrected chi connectivity index (χ2v) is 4.85. The number of hydrogen-bond acceptors (Lipinski definition) is 5. The summed E-state index contributed by atoms with van der Waals surface area (Å²) in [6, 6.07) is -0.258. The fourth-order valence-corrected chi connectivity index (χ4v) is 3.03. The highest BCUT2D eigenvalue weighted by atomic mass is 32.2. The van der Waals surface area contributed by atoms with Crippen LogP contribution >= 0.6 is 11.8 Å². The fraction of sp³-hybridized carbons (Fsp3) is 0.889. The first-order valence-corrected chi connectivity index (χ1v) is 6.00. The number of ether oxygens (including phenoxy) is 1. The Morgan fingerprint density at radius 3 is 2.87 bits per heavy atom. The van der Waals surface area contributed by atoms with Crippen LogP contribution in [-0.2, 0) is 4.74 Å². The average molecular weight is 232 g/mol. The summed E-state index contributed by atoms with van der Waals surface area (Å²) in [5, 5.41) is 23.3. The quantitative estimate of drug-likeness (QED) is 0.570. The number of rotatable bonds is 1. The van der Waals surface area contributed by atoms with Gasteiger partial charge in [-0.15, -0.1) is 0 Å². The molecule has 0 amide bonds. The molecule has 0 bridgehead atoms. The van der Waals surface area contributed by atoms with Crippen molar-refractivity contribution in [3.8, 4) is 0 Å². The molecule has 0 aromatic heterocycles. The van der Waals surface area contributed by atoms with Crippen LogP contribution in [0.5, 0.6) is 0 Å². The molecule has 3 N–H and O–H groups in total. The van der Waals surface area contributed by atoms with Gasteiger partial charge in [0.15, 0.2) is 5.17 Å². The lowest BCUT2D eigenvalue weighted by Gasteiger charge is -2.37. The fourth-order valence-electron chi connectivity index (χ4n) is 1.80. The van der Waals surface area contributed by atoms with Gasteiger partial charge in [0.25, 0.3) is 0 Å². The number of aliphatic hydroxyl groups excluding tert-OH is 2. The van der Waals surface area contributed by atoms with Crippen LogP contribution < -0.4 is 5.32 Å². The maximum absolute atomic E-state index is 9.84. The van der Waals surface area contributed by atoms with Crippen LogP contribution in [0.1, 0.15) is 13.8 Å². The van der Waals surface area contributed by atoms with Crippen LogP contribution in [-0.4, -0.2) is 51.7 Å². The van der Waals surface area contributed by atoms with E-state index in [1.54, 1.807) is 6.92 Å².